The molecule has 1 heterocycles. The van der Waals surface area contributed by atoms with Crippen LogP contribution in [-0.4, -0.2) is 37.6 Å². The topological polar surface area (TPSA) is 44.4 Å². The van der Waals surface area contributed by atoms with Crippen molar-refractivity contribution < 1.29 is 4.79 Å². The molecular weight excluding hydrogens is 478 g/mol. The fraction of sp³-hybridized carbons (Fsp3) is 0.400. The molecule has 1 aliphatic heterocycles. The number of anilines is 1. The normalized spacial score (nSPS) is 17.6. The third-order valence-electron chi connectivity index (χ3n) is 8.02. The highest BCUT2D eigenvalue weighted by Crippen LogP contribution is 2.34. The van der Waals surface area contributed by atoms with Gasteiger partial charge in [-0.15, -0.1) is 0 Å². The van der Waals surface area contributed by atoms with Crippen LogP contribution in [0.4, 0.5) is 5.69 Å². The van der Waals surface area contributed by atoms with E-state index in [9.17, 15) is 4.79 Å². The minimum Gasteiger partial charge on any atom is -0.368 e. The van der Waals surface area contributed by atoms with Crippen molar-refractivity contribution in [2.45, 2.75) is 71.4 Å². The summed E-state index contributed by atoms with van der Waals surface area (Å²) in [6.45, 7) is 9.39. The van der Waals surface area contributed by atoms with Gasteiger partial charge in [0.05, 0.1) is 0 Å². The molecular formula is C35H43N3O. The molecule has 4 aromatic rings. The van der Waals surface area contributed by atoms with Gasteiger partial charge in [0.15, 0.2) is 0 Å². The summed E-state index contributed by atoms with van der Waals surface area (Å²) in [7, 11) is 0. The number of hydrogen-bond donors (Lipinski definition) is 2. The first-order valence-electron chi connectivity index (χ1n) is 14.8. The Labute approximate surface area is 233 Å². The van der Waals surface area contributed by atoms with Gasteiger partial charge in [0.2, 0.25) is 5.91 Å². The van der Waals surface area contributed by atoms with Crippen molar-refractivity contribution in [1.82, 2.24) is 10.6 Å². The first-order chi connectivity index (χ1) is 19.0. The zero-order valence-electron chi connectivity index (χ0n) is 23.8. The summed E-state index contributed by atoms with van der Waals surface area (Å²) in [5.41, 5.74) is 5.06. The van der Waals surface area contributed by atoms with Crippen LogP contribution in [0, 0.1) is 0 Å². The second-order valence-corrected chi connectivity index (χ2v) is 11.4. The second kappa shape index (κ2) is 12.7. The lowest BCUT2D eigenvalue weighted by atomic mass is 9.92. The van der Waals surface area contributed by atoms with E-state index in [1.807, 2.05) is 0 Å². The summed E-state index contributed by atoms with van der Waals surface area (Å²) in [5, 5.41) is 11.9. The number of amides is 1. The third kappa shape index (κ3) is 6.62. The van der Waals surface area contributed by atoms with Crippen molar-refractivity contribution in [2.75, 3.05) is 24.5 Å². The Balaban J connectivity index is 1.46. The molecule has 4 aromatic carbocycles. The summed E-state index contributed by atoms with van der Waals surface area (Å²) >= 11 is 0. The molecule has 0 saturated carbocycles. The molecule has 2 atom stereocenters. The molecule has 2 unspecified atom stereocenters. The van der Waals surface area contributed by atoms with Crippen LogP contribution in [0.2, 0.25) is 0 Å². The molecule has 1 fully saturated rings. The number of rotatable bonds is 10. The van der Waals surface area contributed by atoms with Gasteiger partial charge in [0.25, 0.3) is 0 Å². The van der Waals surface area contributed by atoms with Crippen LogP contribution in [0.15, 0.2) is 72.8 Å². The quantitative estimate of drug-likeness (QED) is 0.213. The molecule has 39 heavy (non-hydrogen) atoms. The second-order valence-electron chi connectivity index (χ2n) is 11.4. The molecule has 4 nitrogen and oxygen atoms in total. The lowest BCUT2D eigenvalue weighted by Crippen LogP contribution is -2.54. The number of nitrogens with one attached hydrogen (secondary N) is 2. The fourth-order valence-electron chi connectivity index (χ4n) is 6.13. The zero-order valence-corrected chi connectivity index (χ0v) is 23.8. The van der Waals surface area contributed by atoms with Crippen LogP contribution in [0.3, 0.4) is 0 Å². The first kappa shape index (κ1) is 27.2. The third-order valence-corrected chi connectivity index (χ3v) is 8.02. The summed E-state index contributed by atoms with van der Waals surface area (Å²) in [4.78, 5) is 15.0. The van der Waals surface area contributed by atoms with Gasteiger partial charge in [-0.05, 0) is 83.1 Å². The fourth-order valence-corrected chi connectivity index (χ4v) is 6.13. The van der Waals surface area contributed by atoms with E-state index in [2.05, 4.69) is 109 Å². The Kier molecular flexibility index (Phi) is 8.83. The number of fused-ring (bicyclic) bond motifs is 2. The lowest BCUT2D eigenvalue weighted by Gasteiger charge is -2.37. The van der Waals surface area contributed by atoms with E-state index >= 15 is 0 Å². The van der Waals surface area contributed by atoms with Gasteiger partial charge in [0, 0.05) is 43.8 Å². The van der Waals surface area contributed by atoms with E-state index in [4.69, 9.17) is 0 Å². The van der Waals surface area contributed by atoms with Crippen molar-refractivity contribution in [2.24, 2.45) is 0 Å². The highest BCUT2D eigenvalue weighted by Gasteiger charge is 2.21. The average molecular weight is 522 g/mol. The number of benzene rings is 4. The summed E-state index contributed by atoms with van der Waals surface area (Å²) < 4.78 is 0. The minimum absolute atomic E-state index is 0.171. The van der Waals surface area contributed by atoms with Gasteiger partial charge in [0.1, 0.15) is 0 Å². The number of nitrogens with zero attached hydrogens (tertiary/aromatic N) is 1. The van der Waals surface area contributed by atoms with E-state index in [1.165, 1.54) is 56.8 Å². The van der Waals surface area contributed by atoms with Crippen molar-refractivity contribution in [3.05, 3.63) is 78.4 Å². The molecule has 4 heteroatoms. The SMILES string of the molecule is CCCCCCC(=O)NCCc1cc(-c2cccc3ccccc23)cc2ccc(N3CC(C)NC(C)C3)cc12. The van der Waals surface area contributed by atoms with Gasteiger partial charge in [-0.25, -0.2) is 0 Å². The lowest BCUT2D eigenvalue weighted by molar-refractivity contribution is -0.121. The Hall–Kier alpha value is -3.37. The highest BCUT2D eigenvalue weighted by atomic mass is 16.1. The van der Waals surface area contributed by atoms with Crippen molar-refractivity contribution >= 4 is 33.1 Å². The highest BCUT2D eigenvalue weighted by molar-refractivity contribution is 6.00. The monoisotopic (exact) mass is 521 g/mol. The Morgan fingerprint density at radius 1 is 0.872 bits per heavy atom. The summed E-state index contributed by atoms with van der Waals surface area (Å²) in [5.74, 6) is 0.171. The summed E-state index contributed by atoms with van der Waals surface area (Å²) in [6.07, 6.45) is 5.94. The predicted molar refractivity (Wildman–Crippen MR) is 167 cm³/mol. The number of carbonyl (C=O) groups excluding carboxylic acids is 1. The maximum absolute atomic E-state index is 12.5. The summed E-state index contributed by atoms with van der Waals surface area (Å²) in [6, 6.07) is 27.7. The number of unbranched alkanes of at least 4 members (excludes halogenated alkanes) is 3. The van der Waals surface area contributed by atoms with Crippen LogP contribution in [0.25, 0.3) is 32.7 Å². The van der Waals surface area contributed by atoms with E-state index < -0.39 is 0 Å². The number of piperazine rings is 1. The molecule has 0 radical (unpaired) electrons. The molecule has 1 aliphatic rings. The molecule has 0 aromatic heterocycles. The Morgan fingerprint density at radius 2 is 1.67 bits per heavy atom. The van der Waals surface area contributed by atoms with Crippen LogP contribution in [0.5, 0.6) is 0 Å². The zero-order chi connectivity index (χ0) is 27.2. The maximum atomic E-state index is 12.5. The predicted octanol–water partition coefficient (Wildman–Crippen LogP) is 7.48. The smallest absolute Gasteiger partial charge is 0.220 e. The van der Waals surface area contributed by atoms with Gasteiger partial charge >= 0.3 is 0 Å². The van der Waals surface area contributed by atoms with Crippen molar-refractivity contribution in [3.63, 3.8) is 0 Å². The van der Waals surface area contributed by atoms with Crippen molar-refractivity contribution in [3.8, 4) is 11.1 Å². The van der Waals surface area contributed by atoms with Gasteiger partial charge in [-0.1, -0.05) is 80.8 Å². The number of hydrogen-bond acceptors (Lipinski definition) is 3. The minimum atomic E-state index is 0.171. The molecule has 0 spiro atoms. The molecule has 0 bridgehead atoms. The molecule has 2 N–H and O–H groups in total. The average Bonchev–Trinajstić information content (AvgIpc) is 2.94. The van der Waals surface area contributed by atoms with Crippen LogP contribution in [0.1, 0.15) is 58.4 Å². The van der Waals surface area contributed by atoms with Crippen LogP contribution < -0.4 is 15.5 Å². The van der Waals surface area contributed by atoms with E-state index in [-0.39, 0.29) is 5.91 Å². The molecule has 5 rings (SSSR count). The van der Waals surface area contributed by atoms with Gasteiger partial charge < -0.3 is 15.5 Å². The van der Waals surface area contributed by atoms with Crippen molar-refractivity contribution in [1.29, 1.82) is 0 Å². The van der Waals surface area contributed by atoms with E-state index in [0.717, 1.165) is 32.4 Å². The molecule has 1 amide bonds. The van der Waals surface area contributed by atoms with E-state index in [0.29, 0.717) is 25.0 Å². The van der Waals surface area contributed by atoms with Gasteiger partial charge in [-0.3, -0.25) is 4.79 Å². The Bertz CT molecular complexity index is 1410. The van der Waals surface area contributed by atoms with Crippen LogP contribution >= 0.6 is 0 Å². The maximum Gasteiger partial charge on any atom is 0.220 e. The molecule has 204 valence electrons. The molecule has 1 saturated heterocycles. The van der Waals surface area contributed by atoms with Crippen LogP contribution in [-0.2, 0) is 11.2 Å². The standard InChI is InChI=1S/C35H43N3O/c1-4-5-6-7-15-35(39)36-19-18-29-21-30(33-14-10-12-27-11-8-9-13-32(27)33)20-28-16-17-31(22-34(28)29)38-23-25(2)37-26(3)24-38/h8-14,16-17,20-22,25-26,37H,4-7,15,18-19,23-24H2,1-3H3,(H,36,39). The first-order valence-corrected chi connectivity index (χ1v) is 14.8. The molecule has 0 aliphatic carbocycles. The van der Waals surface area contributed by atoms with Gasteiger partial charge in [-0.2, -0.15) is 0 Å². The Morgan fingerprint density at radius 3 is 2.49 bits per heavy atom. The number of carbonyl (C=O) groups is 1. The van der Waals surface area contributed by atoms with E-state index in [1.54, 1.807) is 0 Å². The largest absolute Gasteiger partial charge is 0.368 e.